The minimum atomic E-state index is -0.196. The van der Waals surface area contributed by atoms with Crippen LogP contribution in [0.1, 0.15) is 62.6 Å². The third-order valence-corrected chi connectivity index (χ3v) is 6.85. The standard InChI is InChI=1S/C24H32FN5S/c1-18-16-21(30-14-6-2-3-7-15-30)28-22(27-18)29-23(31)26-17-24(12-4-5-13-24)19-8-10-20(25)11-9-19/h8-11,16H,2-7,12-15,17H2,1H3,(H2,26,27,28,29,31). The summed E-state index contributed by atoms with van der Waals surface area (Å²) in [7, 11) is 0. The van der Waals surface area contributed by atoms with Crippen molar-refractivity contribution in [3.05, 3.63) is 47.4 Å². The first kappa shape index (κ1) is 21.9. The SMILES string of the molecule is Cc1cc(N2CCCCCC2)nc(NC(=S)NCC2(c3ccc(F)cc3)CCCC2)n1. The molecule has 7 heteroatoms. The number of rotatable bonds is 5. The molecule has 2 fully saturated rings. The van der Waals surface area contributed by atoms with E-state index in [1.807, 2.05) is 19.1 Å². The molecule has 2 aromatic rings. The van der Waals surface area contributed by atoms with E-state index >= 15 is 0 Å². The summed E-state index contributed by atoms with van der Waals surface area (Å²) in [5.41, 5.74) is 2.10. The molecule has 5 nitrogen and oxygen atoms in total. The lowest BCUT2D eigenvalue weighted by molar-refractivity contribution is 0.434. The monoisotopic (exact) mass is 441 g/mol. The molecule has 2 aliphatic rings. The third kappa shape index (κ3) is 5.50. The normalized spacial score (nSPS) is 18.5. The van der Waals surface area contributed by atoms with Crippen LogP contribution in [0.4, 0.5) is 16.2 Å². The fraction of sp³-hybridized carbons (Fsp3) is 0.542. The molecule has 1 aromatic heterocycles. The Hall–Kier alpha value is -2.28. The van der Waals surface area contributed by atoms with Gasteiger partial charge in [0.1, 0.15) is 11.6 Å². The zero-order valence-corrected chi connectivity index (χ0v) is 19.1. The first-order valence-electron chi connectivity index (χ1n) is 11.5. The number of hydrogen-bond donors (Lipinski definition) is 2. The van der Waals surface area contributed by atoms with Crippen molar-refractivity contribution in [1.29, 1.82) is 0 Å². The van der Waals surface area contributed by atoms with Gasteiger partial charge in [-0.05, 0) is 62.5 Å². The van der Waals surface area contributed by atoms with Crippen LogP contribution in [0.2, 0.25) is 0 Å². The molecule has 2 N–H and O–H groups in total. The van der Waals surface area contributed by atoms with Gasteiger partial charge in [-0.2, -0.15) is 4.98 Å². The van der Waals surface area contributed by atoms with Crippen LogP contribution >= 0.6 is 12.2 Å². The summed E-state index contributed by atoms with van der Waals surface area (Å²) in [5.74, 6) is 1.32. The minimum Gasteiger partial charge on any atom is -0.361 e. The zero-order chi connectivity index (χ0) is 21.7. The van der Waals surface area contributed by atoms with Gasteiger partial charge in [-0.15, -0.1) is 0 Å². The van der Waals surface area contributed by atoms with Gasteiger partial charge in [0.2, 0.25) is 5.95 Å². The van der Waals surface area contributed by atoms with E-state index in [1.54, 1.807) is 12.1 Å². The molecular formula is C24H32FN5S. The van der Waals surface area contributed by atoms with Gasteiger partial charge in [-0.1, -0.05) is 37.8 Å². The van der Waals surface area contributed by atoms with Crippen molar-refractivity contribution in [2.75, 3.05) is 29.9 Å². The number of nitrogens with zero attached hydrogens (tertiary/aromatic N) is 3. The van der Waals surface area contributed by atoms with Crippen molar-refractivity contribution in [3.8, 4) is 0 Å². The van der Waals surface area contributed by atoms with E-state index in [-0.39, 0.29) is 11.2 Å². The van der Waals surface area contributed by atoms with E-state index in [9.17, 15) is 4.39 Å². The Bertz CT molecular complexity index is 887. The number of aromatic nitrogens is 2. The Balaban J connectivity index is 1.41. The van der Waals surface area contributed by atoms with Crippen LogP contribution in [0.25, 0.3) is 0 Å². The highest BCUT2D eigenvalue weighted by atomic mass is 32.1. The first-order valence-corrected chi connectivity index (χ1v) is 11.9. The number of thiocarbonyl (C=S) groups is 1. The van der Waals surface area contributed by atoms with Gasteiger partial charge < -0.3 is 15.5 Å². The van der Waals surface area contributed by atoms with Crippen LogP contribution in [0.5, 0.6) is 0 Å². The van der Waals surface area contributed by atoms with Crippen molar-refractivity contribution in [2.45, 2.75) is 63.7 Å². The number of nitrogens with one attached hydrogen (secondary N) is 2. The molecule has 0 amide bonds. The summed E-state index contributed by atoms with van der Waals surface area (Å²) in [5, 5.41) is 7.11. The van der Waals surface area contributed by atoms with Crippen molar-refractivity contribution in [2.24, 2.45) is 0 Å². The molecule has 1 aliphatic heterocycles. The van der Waals surface area contributed by atoms with Crippen molar-refractivity contribution < 1.29 is 4.39 Å². The molecule has 0 bridgehead atoms. The van der Waals surface area contributed by atoms with Gasteiger partial charge >= 0.3 is 0 Å². The quantitative estimate of drug-likeness (QED) is 0.630. The van der Waals surface area contributed by atoms with Gasteiger partial charge in [0.25, 0.3) is 0 Å². The van der Waals surface area contributed by atoms with Gasteiger partial charge in [-0.25, -0.2) is 9.37 Å². The summed E-state index contributed by atoms with van der Waals surface area (Å²) in [6.45, 7) is 4.79. The Morgan fingerprint density at radius 2 is 1.71 bits per heavy atom. The average Bonchev–Trinajstić information content (AvgIpc) is 3.07. The fourth-order valence-corrected chi connectivity index (χ4v) is 5.05. The van der Waals surface area contributed by atoms with E-state index in [1.165, 1.54) is 44.1 Å². The summed E-state index contributed by atoms with van der Waals surface area (Å²) in [4.78, 5) is 11.6. The number of hydrogen-bond acceptors (Lipinski definition) is 4. The summed E-state index contributed by atoms with van der Waals surface area (Å²) >= 11 is 5.58. The van der Waals surface area contributed by atoms with E-state index in [4.69, 9.17) is 17.2 Å². The second-order valence-corrected chi connectivity index (χ2v) is 9.30. The minimum absolute atomic E-state index is 0.00981. The topological polar surface area (TPSA) is 53.1 Å². The van der Waals surface area contributed by atoms with E-state index in [0.29, 0.717) is 11.1 Å². The van der Waals surface area contributed by atoms with Crippen LogP contribution in [0, 0.1) is 12.7 Å². The molecule has 4 rings (SSSR count). The van der Waals surface area contributed by atoms with Crippen molar-refractivity contribution >= 4 is 29.1 Å². The van der Waals surface area contributed by atoms with Gasteiger partial charge in [0, 0.05) is 36.8 Å². The molecule has 31 heavy (non-hydrogen) atoms. The second-order valence-electron chi connectivity index (χ2n) is 8.89. The smallest absolute Gasteiger partial charge is 0.231 e. The Labute approximate surface area is 189 Å². The second kappa shape index (κ2) is 9.90. The summed E-state index contributed by atoms with van der Waals surface area (Å²) < 4.78 is 13.4. The molecule has 0 radical (unpaired) electrons. The molecule has 0 atom stereocenters. The average molecular weight is 442 g/mol. The largest absolute Gasteiger partial charge is 0.361 e. The van der Waals surface area contributed by atoms with Crippen LogP contribution in [0.15, 0.2) is 30.3 Å². The van der Waals surface area contributed by atoms with E-state index in [2.05, 4.69) is 26.6 Å². The molecule has 1 aromatic carbocycles. The molecule has 1 aliphatic carbocycles. The number of anilines is 2. The predicted molar refractivity (Wildman–Crippen MR) is 128 cm³/mol. The van der Waals surface area contributed by atoms with Gasteiger partial charge in [0.05, 0.1) is 0 Å². The summed E-state index contributed by atoms with van der Waals surface area (Å²) in [6, 6.07) is 8.98. The van der Waals surface area contributed by atoms with Crippen molar-refractivity contribution in [1.82, 2.24) is 15.3 Å². The van der Waals surface area contributed by atoms with Gasteiger partial charge in [-0.3, -0.25) is 0 Å². The summed E-state index contributed by atoms with van der Waals surface area (Å²) in [6.07, 6.45) is 9.50. The maximum atomic E-state index is 13.4. The Kier molecular flexibility index (Phi) is 7.00. The molecule has 0 spiro atoms. The predicted octanol–water partition coefficient (Wildman–Crippen LogP) is 5.10. The molecule has 1 saturated carbocycles. The number of aryl methyl sites for hydroxylation is 1. The third-order valence-electron chi connectivity index (χ3n) is 6.60. The maximum Gasteiger partial charge on any atom is 0.231 e. The highest BCUT2D eigenvalue weighted by Crippen LogP contribution is 2.40. The Morgan fingerprint density at radius 3 is 2.39 bits per heavy atom. The lowest BCUT2D eigenvalue weighted by Crippen LogP contribution is -2.41. The lowest BCUT2D eigenvalue weighted by atomic mass is 9.79. The van der Waals surface area contributed by atoms with Gasteiger partial charge in [0.15, 0.2) is 5.11 Å². The van der Waals surface area contributed by atoms with Crippen molar-refractivity contribution in [3.63, 3.8) is 0 Å². The van der Waals surface area contributed by atoms with Crippen LogP contribution in [-0.4, -0.2) is 34.7 Å². The molecular weight excluding hydrogens is 409 g/mol. The zero-order valence-electron chi connectivity index (χ0n) is 18.3. The first-order chi connectivity index (χ1) is 15.0. The van der Waals surface area contributed by atoms with Crippen LogP contribution in [0.3, 0.4) is 0 Å². The lowest BCUT2D eigenvalue weighted by Gasteiger charge is -2.30. The Morgan fingerprint density at radius 1 is 1.03 bits per heavy atom. The highest BCUT2D eigenvalue weighted by molar-refractivity contribution is 7.80. The molecule has 0 unspecified atom stereocenters. The molecule has 1 saturated heterocycles. The highest BCUT2D eigenvalue weighted by Gasteiger charge is 2.35. The molecule has 166 valence electrons. The number of halogens is 1. The maximum absolute atomic E-state index is 13.4. The van der Waals surface area contributed by atoms with Crippen LogP contribution < -0.4 is 15.5 Å². The van der Waals surface area contributed by atoms with E-state index in [0.717, 1.165) is 44.0 Å². The number of benzene rings is 1. The van der Waals surface area contributed by atoms with Crippen LogP contribution in [-0.2, 0) is 5.41 Å². The van der Waals surface area contributed by atoms with E-state index < -0.39 is 0 Å². The fourth-order valence-electron chi connectivity index (χ4n) is 4.89. The molecule has 2 heterocycles.